The number of aryl methyl sites for hydroxylation is 2. The predicted molar refractivity (Wildman–Crippen MR) is 122 cm³/mol. The maximum atomic E-state index is 12.0. The average molecular weight is 467 g/mol. The van der Waals surface area contributed by atoms with Gasteiger partial charge in [-0.25, -0.2) is 5.43 Å². The second-order valence-electron chi connectivity index (χ2n) is 6.86. The Bertz CT molecular complexity index is 1020. The van der Waals surface area contributed by atoms with Crippen LogP contribution in [0.3, 0.4) is 0 Å². The van der Waals surface area contributed by atoms with Crippen molar-refractivity contribution < 1.29 is 14.3 Å². The molecule has 6 heteroatoms. The summed E-state index contributed by atoms with van der Waals surface area (Å²) < 4.78 is 12.3. The highest BCUT2D eigenvalue weighted by atomic mass is 79.9. The van der Waals surface area contributed by atoms with Gasteiger partial charge in [0.15, 0.2) is 6.61 Å². The molecular formula is C24H23BrN2O3. The molecule has 3 aromatic carbocycles. The first-order valence-electron chi connectivity index (χ1n) is 9.49. The van der Waals surface area contributed by atoms with Crippen LogP contribution in [0.1, 0.15) is 22.3 Å². The van der Waals surface area contributed by atoms with E-state index in [1.807, 2.05) is 80.6 Å². The van der Waals surface area contributed by atoms with Gasteiger partial charge in [0.1, 0.15) is 18.1 Å². The molecule has 0 unspecified atom stereocenters. The van der Waals surface area contributed by atoms with E-state index in [4.69, 9.17) is 9.47 Å². The molecule has 0 aliphatic heterocycles. The summed E-state index contributed by atoms with van der Waals surface area (Å²) in [5.41, 5.74) is 6.47. The highest BCUT2D eigenvalue weighted by Gasteiger charge is 2.05. The summed E-state index contributed by atoms with van der Waals surface area (Å²) in [4.78, 5) is 12.0. The molecule has 3 aromatic rings. The highest BCUT2D eigenvalue weighted by molar-refractivity contribution is 9.10. The Morgan fingerprint density at radius 1 is 1.00 bits per heavy atom. The van der Waals surface area contributed by atoms with Gasteiger partial charge in [-0.3, -0.25) is 4.79 Å². The van der Waals surface area contributed by atoms with Gasteiger partial charge < -0.3 is 9.47 Å². The summed E-state index contributed by atoms with van der Waals surface area (Å²) in [7, 11) is 0. The molecule has 154 valence electrons. The predicted octanol–water partition coefficient (Wildman–Crippen LogP) is 5.17. The zero-order chi connectivity index (χ0) is 21.3. The highest BCUT2D eigenvalue weighted by Crippen LogP contribution is 2.23. The molecule has 0 saturated heterocycles. The quantitative estimate of drug-likeness (QED) is 0.367. The van der Waals surface area contributed by atoms with Gasteiger partial charge in [0.2, 0.25) is 0 Å². The molecule has 0 saturated carbocycles. The van der Waals surface area contributed by atoms with E-state index in [1.165, 1.54) is 0 Å². The van der Waals surface area contributed by atoms with Gasteiger partial charge >= 0.3 is 0 Å². The molecular weight excluding hydrogens is 444 g/mol. The van der Waals surface area contributed by atoms with Crippen molar-refractivity contribution in [1.29, 1.82) is 0 Å². The zero-order valence-corrected chi connectivity index (χ0v) is 18.5. The van der Waals surface area contributed by atoms with Crippen LogP contribution in [0, 0.1) is 13.8 Å². The van der Waals surface area contributed by atoms with Gasteiger partial charge in [-0.1, -0.05) is 52.3 Å². The minimum Gasteiger partial charge on any atom is -0.488 e. The van der Waals surface area contributed by atoms with Crippen molar-refractivity contribution in [2.45, 2.75) is 20.5 Å². The zero-order valence-electron chi connectivity index (χ0n) is 16.9. The molecule has 0 radical (unpaired) electrons. The Hall–Kier alpha value is -3.12. The molecule has 0 bridgehead atoms. The lowest BCUT2D eigenvalue weighted by atomic mass is 10.1. The molecule has 0 heterocycles. The summed E-state index contributed by atoms with van der Waals surface area (Å²) >= 11 is 3.45. The summed E-state index contributed by atoms with van der Waals surface area (Å²) in [6.45, 7) is 4.30. The van der Waals surface area contributed by atoms with Gasteiger partial charge in [0.25, 0.3) is 5.91 Å². The normalized spacial score (nSPS) is 10.8. The van der Waals surface area contributed by atoms with Crippen LogP contribution in [0.4, 0.5) is 0 Å². The van der Waals surface area contributed by atoms with Crippen molar-refractivity contribution in [2.75, 3.05) is 6.61 Å². The summed E-state index contributed by atoms with van der Waals surface area (Å²) in [6, 6.07) is 21.4. The lowest BCUT2D eigenvalue weighted by Crippen LogP contribution is -2.24. The fraction of sp³-hybridized carbons (Fsp3) is 0.167. The maximum Gasteiger partial charge on any atom is 0.277 e. The number of nitrogens with one attached hydrogen (secondary N) is 1. The third-order valence-electron chi connectivity index (χ3n) is 4.17. The third kappa shape index (κ3) is 6.74. The number of carbonyl (C=O) groups excluding carboxylic acids is 1. The van der Waals surface area contributed by atoms with E-state index in [0.717, 1.165) is 26.7 Å². The minimum atomic E-state index is -0.341. The number of rotatable bonds is 8. The van der Waals surface area contributed by atoms with Crippen molar-refractivity contribution in [1.82, 2.24) is 5.43 Å². The van der Waals surface area contributed by atoms with Crippen LogP contribution in [-0.4, -0.2) is 18.7 Å². The van der Waals surface area contributed by atoms with Crippen LogP contribution in [0.25, 0.3) is 0 Å². The maximum absolute atomic E-state index is 12.0. The number of hydrogen-bond acceptors (Lipinski definition) is 4. The minimum absolute atomic E-state index is 0.115. The van der Waals surface area contributed by atoms with Gasteiger partial charge in [-0.05, 0) is 60.9 Å². The largest absolute Gasteiger partial charge is 0.488 e. The molecule has 5 nitrogen and oxygen atoms in total. The monoisotopic (exact) mass is 466 g/mol. The van der Waals surface area contributed by atoms with E-state index in [2.05, 4.69) is 26.5 Å². The van der Waals surface area contributed by atoms with Crippen LogP contribution in [-0.2, 0) is 11.4 Å². The number of hydrazone groups is 1. The third-order valence-corrected chi connectivity index (χ3v) is 4.66. The molecule has 1 N–H and O–H groups in total. The average Bonchev–Trinajstić information content (AvgIpc) is 2.72. The summed E-state index contributed by atoms with van der Waals surface area (Å²) in [5.74, 6) is 0.994. The number of nitrogens with zero attached hydrogens (tertiary/aromatic N) is 1. The topological polar surface area (TPSA) is 59.9 Å². The van der Waals surface area contributed by atoms with Gasteiger partial charge in [0.05, 0.1) is 6.21 Å². The van der Waals surface area contributed by atoms with E-state index in [1.54, 1.807) is 6.21 Å². The van der Waals surface area contributed by atoms with E-state index < -0.39 is 0 Å². The fourth-order valence-electron chi connectivity index (χ4n) is 2.86. The SMILES string of the molecule is Cc1cc(C)cc(OCC(=O)N/N=C\c2cc(Br)ccc2OCc2ccccc2)c1. The first-order chi connectivity index (χ1) is 14.5. The molecule has 0 fully saturated rings. The van der Waals surface area contributed by atoms with Gasteiger partial charge in [-0.15, -0.1) is 0 Å². The molecule has 0 aliphatic rings. The van der Waals surface area contributed by atoms with Crippen molar-refractivity contribution in [3.05, 3.63) is 93.5 Å². The van der Waals surface area contributed by atoms with Crippen molar-refractivity contribution in [2.24, 2.45) is 5.10 Å². The van der Waals surface area contributed by atoms with E-state index in [-0.39, 0.29) is 12.5 Å². The lowest BCUT2D eigenvalue weighted by molar-refractivity contribution is -0.123. The molecule has 0 aromatic heterocycles. The summed E-state index contributed by atoms with van der Waals surface area (Å²) in [6.07, 6.45) is 1.56. The number of halogens is 1. The number of benzene rings is 3. The Labute approximate surface area is 184 Å². The van der Waals surface area contributed by atoms with Crippen LogP contribution >= 0.6 is 15.9 Å². The Balaban J connectivity index is 1.56. The second-order valence-corrected chi connectivity index (χ2v) is 7.78. The van der Waals surface area contributed by atoms with Crippen LogP contribution < -0.4 is 14.9 Å². The fourth-order valence-corrected chi connectivity index (χ4v) is 3.24. The standard InChI is InChI=1S/C24H23BrN2O3/c1-17-10-18(2)12-22(11-17)29-16-24(28)27-26-14-20-13-21(25)8-9-23(20)30-15-19-6-4-3-5-7-19/h3-14H,15-16H2,1-2H3,(H,27,28)/b26-14-. The smallest absolute Gasteiger partial charge is 0.277 e. The Morgan fingerprint density at radius 2 is 1.73 bits per heavy atom. The van der Waals surface area contributed by atoms with E-state index >= 15 is 0 Å². The van der Waals surface area contributed by atoms with Crippen molar-refractivity contribution in [3.8, 4) is 11.5 Å². The van der Waals surface area contributed by atoms with E-state index in [0.29, 0.717) is 18.1 Å². The molecule has 0 atom stereocenters. The van der Waals surface area contributed by atoms with Crippen LogP contribution in [0.5, 0.6) is 11.5 Å². The molecule has 0 spiro atoms. The Kier molecular flexibility index (Phi) is 7.63. The van der Waals surface area contributed by atoms with Gasteiger partial charge in [0, 0.05) is 10.0 Å². The molecule has 3 rings (SSSR count). The first kappa shape index (κ1) is 21.6. The number of ether oxygens (including phenoxy) is 2. The van der Waals surface area contributed by atoms with Crippen LogP contribution in [0.2, 0.25) is 0 Å². The summed E-state index contributed by atoms with van der Waals surface area (Å²) in [5, 5.41) is 4.04. The lowest BCUT2D eigenvalue weighted by Gasteiger charge is -2.10. The van der Waals surface area contributed by atoms with Crippen LogP contribution in [0.15, 0.2) is 76.3 Å². The van der Waals surface area contributed by atoms with Gasteiger partial charge in [-0.2, -0.15) is 5.10 Å². The number of amides is 1. The second kappa shape index (κ2) is 10.6. The number of carbonyl (C=O) groups is 1. The van der Waals surface area contributed by atoms with Crippen molar-refractivity contribution >= 4 is 28.1 Å². The number of hydrogen-bond donors (Lipinski definition) is 1. The molecule has 30 heavy (non-hydrogen) atoms. The van der Waals surface area contributed by atoms with Crippen molar-refractivity contribution in [3.63, 3.8) is 0 Å². The van der Waals surface area contributed by atoms with E-state index in [9.17, 15) is 4.79 Å². The first-order valence-corrected chi connectivity index (χ1v) is 10.3. The Morgan fingerprint density at radius 3 is 2.47 bits per heavy atom. The molecule has 1 amide bonds. The molecule has 0 aliphatic carbocycles.